The number of aromatic nitrogens is 1. The first-order chi connectivity index (χ1) is 10.7. The molecule has 0 saturated carbocycles. The summed E-state index contributed by atoms with van der Waals surface area (Å²) in [4.78, 5) is 11.9. The summed E-state index contributed by atoms with van der Waals surface area (Å²) in [6.45, 7) is 1.43. The van der Waals surface area contributed by atoms with Crippen LogP contribution in [0.15, 0.2) is 60.8 Å². The molecule has 0 bridgehead atoms. The summed E-state index contributed by atoms with van der Waals surface area (Å²) in [5, 5.41) is 4.07. The lowest BCUT2D eigenvalue weighted by atomic mass is 10.2. The van der Waals surface area contributed by atoms with Crippen LogP contribution in [0.5, 0.6) is 0 Å². The number of hydrogen-bond donors (Lipinski definition) is 1. The van der Waals surface area contributed by atoms with Crippen LogP contribution in [-0.2, 0) is 6.54 Å². The van der Waals surface area contributed by atoms with E-state index in [0.29, 0.717) is 12.1 Å². The summed E-state index contributed by atoms with van der Waals surface area (Å²) in [5.41, 5.74) is 1.68. The number of rotatable bonds is 5. The molecule has 0 fully saturated rings. The second-order valence-corrected chi connectivity index (χ2v) is 5.18. The van der Waals surface area contributed by atoms with Gasteiger partial charge in [0, 0.05) is 30.4 Å². The largest absolute Gasteiger partial charge is 0.352 e. The molecule has 2 aromatic carbocycles. The molecule has 1 heterocycles. The Balaban J connectivity index is 1.51. The van der Waals surface area contributed by atoms with Crippen molar-refractivity contribution in [1.29, 1.82) is 0 Å². The fourth-order valence-corrected chi connectivity index (χ4v) is 2.49. The second kappa shape index (κ2) is 6.43. The van der Waals surface area contributed by atoms with Gasteiger partial charge in [-0.05, 0) is 48.2 Å². The summed E-state index contributed by atoms with van der Waals surface area (Å²) >= 11 is 0. The Hall–Kier alpha value is -2.62. The molecule has 1 aromatic heterocycles. The van der Waals surface area contributed by atoms with E-state index in [-0.39, 0.29) is 11.7 Å². The quantitative estimate of drug-likeness (QED) is 0.717. The average Bonchev–Trinajstić information content (AvgIpc) is 2.95. The number of hydrogen-bond acceptors (Lipinski definition) is 1. The van der Waals surface area contributed by atoms with E-state index in [1.165, 1.54) is 35.2 Å². The molecule has 0 unspecified atom stereocenters. The predicted molar refractivity (Wildman–Crippen MR) is 85.3 cm³/mol. The fraction of sp³-hybridized carbons (Fsp3) is 0.167. The summed E-state index contributed by atoms with van der Waals surface area (Å²) in [5.74, 6) is -0.506. The number of aryl methyl sites for hydroxylation is 1. The molecule has 0 aliphatic rings. The molecule has 1 amide bonds. The Bertz CT molecular complexity index is 777. The van der Waals surface area contributed by atoms with Crippen LogP contribution in [0.25, 0.3) is 10.9 Å². The van der Waals surface area contributed by atoms with Gasteiger partial charge < -0.3 is 9.88 Å². The van der Waals surface area contributed by atoms with Gasteiger partial charge in [0.2, 0.25) is 0 Å². The van der Waals surface area contributed by atoms with E-state index in [9.17, 15) is 9.18 Å². The Morgan fingerprint density at radius 2 is 1.82 bits per heavy atom. The molecular formula is C18H17FN2O. The van der Waals surface area contributed by atoms with Crippen LogP contribution < -0.4 is 5.32 Å². The standard InChI is InChI=1S/C18H17FN2O/c19-16-8-6-15(7-9-16)18(22)20-11-3-12-21-13-10-14-4-1-2-5-17(14)21/h1-2,4-10,13H,3,11-12H2,(H,20,22). The lowest BCUT2D eigenvalue weighted by Crippen LogP contribution is -2.25. The minimum absolute atomic E-state index is 0.169. The van der Waals surface area contributed by atoms with Crippen molar-refractivity contribution >= 4 is 16.8 Å². The van der Waals surface area contributed by atoms with Gasteiger partial charge in [0.25, 0.3) is 5.91 Å². The van der Waals surface area contributed by atoms with Crippen LogP contribution in [0.4, 0.5) is 4.39 Å². The highest BCUT2D eigenvalue weighted by molar-refractivity contribution is 5.94. The molecule has 1 N–H and O–H groups in total. The SMILES string of the molecule is O=C(NCCCn1ccc2ccccc21)c1ccc(F)cc1. The van der Waals surface area contributed by atoms with Gasteiger partial charge in [-0.1, -0.05) is 18.2 Å². The van der Waals surface area contributed by atoms with Crippen molar-refractivity contribution in [3.8, 4) is 0 Å². The summed E-state index contributed by atoms with van der Waals surface area (Å²) < 4.78 is 15.0. The number of halogens is 1. The van der Waals surface area contributed by atoms with E-state index in [0.717, 1.165) is 13.0 Å². The van der Waals surface area contributed by atoms with E-state index >= 15 is 0 Å². The minimum Gasteiger partial charge on any atom is -0.352 e. The van der Waals surface area contributed by atoms with Gasteiger partial charge in [0.1, 0.15) is 5.82 Å². The number of nitrogens with zero attached hydrogens (tertiary/aromatic N) is 1. The van der Waals surface area contributed by atoms with Crippen molar-refractivity contribution in [3.05, 3.63) is 72.2 Å². The number of amides is 1. The minimum atomic E-state index is -0.337. The van der Waals surface area contributed by atoms with Gasteiger partial charge in [-0.3, -0.25) is 4.79 Å². The number of carbonyl (C=O) groups excluding carboxylic acids is 1. The highest BCUT2D eigenvalue weighted by atomic mass is 19.1. The van der Waals surface area contributed by atoms with Crippen LogP contribution in [0.1, 0.15) is 16.8 Å². The van der Waals surface area contributed by atoms with Crippen LogP contribution in [0.2, 0.25) is 0 Å². The molecule has 0 atom stereocenters. The average molecular weight is 296 g/mol. The van der Waals surface area contributed by atoms with Gasteiger partial charge in [0.05, 0.1) is 0 Å². The highest BCUT2D eigenvalue weighted by Gasteiger charge is 2.05. The topological polar surface area (TPSA) is 34.0 Å². The maximum Gasteiger partial charge on any atom is 0.251 e. The Kier molecular flexibility index (Phi) is 4.19. The smallest absolute Gasteiger partial charge is 0.251 e. The first kappa shape index (κ1) is 14.3. The molecule has 112 valence electrons. The van der Waals surface area contributed by atoms with Gasteiger partial charge in [-0.2, -0.15) is 0 Å². The molecule has 0 radical (unpaired) electrons. The number of nitrogens with one attached hydrogen (secondary N) is 1. The Morgan fingerprint density at radius 3 is 2.64 bits per heavy atom. The van der Waals surface area contributed by atoms with E-state index in [4.69, 9.17) is 0 Å². The van der Waals surface area contributed by atoms with Crippen molar-refractivity contribution in [2.24, 2.45) is 0 Å². The van der Waals surface area contributed by atoms with Crippen LogP contribution in [-0.4, -0.2) is 17.0 Å². The predicted octanol–water partition coefficient (Wildman–Crippen LogP) is 3.60. The molecule has 4 heteroatoms. The van der Waals surface area contributed by atoms with E-state index < -0.39 is 0 Å². The Labute approximate surface area is 128 Å². The third kappa shape index (κ3) is 3.17. The molecule has 0 spiro atoms. The molecule has 0 aliphatic carbocycles. The van der Waals surface area contributed by atoms with E-state index in [2.05, 4.69) is 34.3 Å². The van der Waals surface area contributed by atoms with Crippen LogP contribution >= 0.6 is 0 Å². The lowest BCUT2D eigenvalue weighted by molar-refractivity contribution is 0.0952. The third-order valence-electron chi connectivity index (χ3n) is 3.65. The number of fused-ring (bicyclic) bond motifs is 1. The normalized spacial score (nSPS) is 10.8. The van der Waals surface area contributed by atoms with Crippen LogP contribution in [0.3, 0.4) is 0 Å². The summed E-state index contributed by atoms with van der Waals surface area (Å²) in [6.07, 6.45) is 2.90. The third-order valence-corrected chi connectivity index (χ3v) is 3.65. The zero-order valence-electron chi connectivity index (χ0n) is 12.1. The first-order valence-corrected chi connectivity index (χ1v) is 7.32. The number of carbonyl (C=O) groups is 1. The van der Waals surface area contributed by atoms with Crippen molar-refractivity contribution in [2.45, 2.75) is 13.0 Å². The monoisotopic (exact) mass is 296 g/mol. The van der Waals surface area contributed by atoms with Gasteiger partial charge in [-0.15, -0.1) is 0 Å². The van der Waals surface area contributed by atoms with Crippen LogP contribution in [0, 0.1) is 5.82 Å². The van der Waals surface area contributed by atoms with Gasteiger partial charge in [0.15, 0.2) is 0 Å². The fourth-order valence-electron chi connectivity index (χ4n) is 2.49. The lowest BCUT2D eigenvalue weighted by Gasteiger charge is -2.07. The zero-order chi connectivity index (χ0) is 15.4. The molecule has 0 aliphatic heterocycles. The van der Waals surface area contributed by atoms with Gasteiger partial charge in [-0.25, -0.2) is 4.39 Å². The number of benzene rings is 2. The summed E-state index contributed by atoms with van der Waals surface area (Å²) in [6, 6.07) is 15.9. The summed E-state index contributed by atoms with van der Waals surface area (Å²) in [7, 11) is 0. The molecule has 3 rings (SSSR count). The molecule has 3 aromatic rings. The maximum atomic E-state index is 12.8. The zero-order valence-corrected chi connectivity index (χ0v) is 12.1. The van der Waals surface area contributed by atoms with Crippen molar-refractivity contribution in [3.63, 3.8) is 0 Å². The molecule has 0 saturated heterocycles. The van der Waals surface area contributed by atoms with Gasteiger partial charge >= 0.3 is 0 Å². The highest BCUT2D eigenvalue weighted by Crippen LogP contribution is 2.15. The molecular weight excluding hydrogens is 279 g/mol. The molecule has 3 nitrogen and oxygen atoms in total. The van der Waals surface area contributed by atoms with E-state index in [1.807, 2.05) is 12.1 Å². The molecule has 22 heavy (non-hydrogen) atoms. The van der Waals surface area contributed by atoms with Crippen molar-refractivity contribution in [1.82, 2.24) is 9.88 Å². The van der Waals surface area contributed by atoms with E-state index in [1.54, 1.807) is 0 Å². The van der Waals surface area contributed by atoms with Crippen molar-refractivity contribution < 1.29 is 9.18 Å². The van der Waals surface area contributed by atoms with Crippen molar-refractivity contribution in [2.75, 3.05) is 6.54 Å². The first-order valence-electron chi connectivity index (χ1n) is 7.32. The Morgan fingerprint density at radius 1 is 1.05 bits per heavy atom. The number of para-hydroxylation sites is 1. The second-order valence-electron chi connectivity index (χ2n) is 5.18. The maximum absolute atomic E-state index is 12.8.